The van der Waals surface area contributed by atoms with E-state index in [2.05, 4.69) is 25.7 Å². The van der Waals surface area contributed by atoms with Crippen molar-refractivity contribution in [1.29, 1.82) is 0 Å². The molecule has 13 heteroatoms. The van der Waals surface area contributed by atoms with E-state index in [0.717, 1.165) is 0 Å². The van der Waals surface area contributed by atoms with Gasteiger partial charge in [0.15, 0.2) is 11.5 Å². The minimum atomic E-state index is -2.96. The summed E-state index contributed by atoms with van der Waals surface area (Å²) in [6.07, 6.45) is 4.69. The van der Waals surface area contributed by atoms with Crippen LogP contribution in [-0.4, -0.2) is 81.0 Å². The van der Waals surface area contributed by atoms with E-state index in [-0.39, 0.29) is 36.1 Å². The van der Waals surface area contributed by atoms with Gasteiger partial charge in [0.25, 0.3) is 11.8 Å². The van der Waals surface area contributed by atoms with Crippen LogP contribution >= 0.6 is 0 Å². The lowest BCUT2D eigenvalue weighted by Gasteiger charge is -2.36. The monoisotopic (exact) mass is 488 g/mol. The summed E-state index contributed by atoms with van der Waals surface area (Å²) in [5.74, 6) is -3.89. The van der Waals surface area contributed by atoms with Crippen LogP contribution in [0.4, 0.5) is 19.1 Å². The first-order chi connectivity index (χ1) is 16.7. The summed E-state index contributed by atoms with van der Waals surface area (Å²) in [6.45, 7) is 0.151. The lowest BCUT2D eigenvalue weighted by atomic mass is 10.0. The Morgan fingerprint density at radius 1 is 1.34 bits per heavy atom. The van der Waals surface area contributed by atoms with Crippen LogP contribution in [0, 0.1) is 5.82 Å². The van der Waals surface area contributed by atoms with Gasteiger partial charge in [0.2, 0.25) is 11.8 Å². The number of pyridine rings is 1. The number of rotatable bonds is 5. The van der Waals surface area contributed by atoms with Gasteiger partial charge >= 0.3 is 0 Å². The highest BCUT2D eigenvalue weighted by atomic mass is 19.3. The molecule has 0 bridgehead atoms. The summed E-state index contributed by atoms with van der Waals surface area (Å²) in [6, 6.07) is 1.84. The van der Waals surface area contributed by atoms with Gasteiger partial charge in [0.05, 0.1) is 25.9 Å². The maximum atomic E-state index is 14.9. The van der Waals surface area contributed by atoms with E-state index in [1.165, 1.54) is 35.3 Å². The van der Waals surface area contributed by atoms with E-state index in [9.17, 15) is 18.0 Å². The van der Waals surface area contributed by atoms with Gasteiger partial charge < -0.3 is 20.3 Å². The number of imidazole rings is 1. The molecule has 35 heavy (non-hydrogen) atoms. The number of aromatic nitrogens is 5. The van der Waals surface area contributed by atoms with Crippen molar-refractivity contribution in [3.8, 4) is 17.0 Å². The summed E-state index contributed by atoms with van der Waals surface area (Å²) >= 11 is 0. The second-order valence-electron chi connectivity index (χ2n) is 8.44. The third-order valence-electron chi connectivity index (χ3n) is 6.10. The van der Waals surface area contributed by atoms with E-state index in [4.69, 9.17) is 4.74 Å². The van der Waals surface area contributed by atoms with Crippen LogP contribution in [0.25, 0.3) is 22.3 Å². The molecular formula is C22H23F3N8O2. The first-order valence-corrected chi connectivity index (χ1v) is 10.9. The van der Waals surface area contributed by atoms with Crippen molar-refractivity contribution in [2.24, 2.45) is 0 Å². The number of fused-ring (bicyclic) bond motifs is 2. The van der Waals surface area contributed by atoms with E-state index in [0.29, 0.717) is 23.2 Å². The van der Waals surface area contributed by atoms with Crippen LogP contribution in [0.3, 0.4) is 0 Å². The molecule has 4 aromatic rings. The summed E-state index contributed by atoms with van der Waals surface area (Å²) in [5.41, 5.74) is 1.53. The normalized spacial score (nSPS) is 18.2. The molecule has 2 N–H and O–H groups in total. The van der Waals surface area contributed by atoms with Crippen molar-refractivity contribution in [2.75, 3.05) is 39.6 Å². The van der Waals surface area contributed by atoms with E-state index in [1.54, 1.807) is 30.4 Å². The Morgan fingerprint density at radius 3 is 2.86 bits per heavy atom. The zero-order valence-corrected chi connectivity index (χ0v) is 19.2. The molecule has 10 nitrogen and oxygen atoms in total. The zero-order valence-electron chi connectivity index (χ0n) is 19.2. The van der Waals surface area contributed by atoms with Crippen molar-refractivity contribution >= 4 is 23.0 Å². The molecule has 0 radical (unpaired) electrons. The van der Waals surface area contributed by atoms with Crippen LogP contribution < -0.4 is 15.4 Å². The standard InChI is InChI=1S/C22H23F3N8O2/c1-26-19(34)15-9-27-18-14(23)8-12(10-32(15)18)13-4-7-33-17(13)20(35-3)29-21(30-33)28-16-5-6-31(2)11-22(16,24)25/h4,7-10,16H,5-6,11H2,1-3H3,(H,26,34)(H,28,30)/t16-/m1/s1. The Labute approximate surface area is 197 Å². The van der Waals surface area contributed by atoms with Gasteiger partial charge in [-0.25, -0.2) is 22.7 Å². The third-order valence-corrected chi connectivity index (χ3v) is 6.10. The highest BCUT2D eigenvalue weighted by Gasteiger charge is 2.44. The van der Waals surface area contributed by atoms with Crippen molar-refractivity contribution in [2.45, 2.75) is 18.4 Å². The molecule has 184 valence electrons. The minimum Gasteiger partial charge on any atom is -0.479 e. The summed E-state index contributed by atoms with van der Waals surface area (Å²) in [4.78, 5) is 22.0. The fraction of sp³-hybridized carbons (Fsp3) is 0.364. The number of carbonyl (C=O) groups excluding carboxylic acids is 1. The number of halogens is 3. The average molecular weight is 488 g/mol. The highest BCUT2D eigenvalue weighted by molar-refractivity contribution is 5.93. The molecule has 1 fully saturated rings. The lowest BCUT2D eigenvalue weighted by molar-refractivity contribution is -0.0675. The molecule has 4 aromatic heterocycles. The number of piperidine rings is 1. The molecule has 1 saturated heterocycles. The van der Waals surface area contributed by atoms with Crippen LogP contribution in [0.5, 0.6) is 5.88 Å². The number of anilines is 1. The highest BCUT2D eigenvalue weighted by Crippen LogP contribution is 2.34. The number of carbonyl (C=O) groups is 1. The third kappa shape index (κ3) is 3.91. The van der Waals surface area contributed by atoms with E-state index >= 15 is 0 Å². The van der Waals surface area contributed by atoms with E-state index in [1.807, 2.05) is 0 Å². The van der Waals surface area contributed by atoms with Crippen molar-refractivity contribution in [1.82, 2.24) is 34.2 Å². The van der Waals surface area contributed by atoms with Crippen LogP contribution in [0.1, 0.15) is 16.9 Å². The maximum Gasteiger partial charge on any atom is 0.280 e. The number of nitrogens with one attached hydrogen (secondary N) is 2. The van der Waals surface area contributed by atoms with Crippen molar-refractivity contribution < 1.29 is 22.7 Å². The molecule has 5 rings (SSSR count). The second-order valence-corrected chi connectivity index (χ2v) is 8.44. The van der Waals surface area contributed by atoms with Gasteiger partial charge in [0, 0.05) is 37.1 Å². The first kappa shape index (κ1) is 22.9. The number of ether oxygens (including phenoxy) is 1. The SMILES string of the molecule is CNC(=O)c1cnc2c(F)cc(-c3ccn4nc(N[C@@H]5CCN(C)CC5(F)F)nc(OC)c34)cn12. The number of nitrogens with zero attached hydrogens (tertiary/aromatic N) is 6. The predicted octanol–water partition coefficient (Wildman–Crippen LogP) is 2.30. The molecule has 0 saturated carbocycles. The van der Waals surface area contributed by atoms with E-state index < -0.39 is 23.7 Å². The quantitative estimate of drug-likeness (QED) is 0.445. The number of likely N-dealkylation sites (tertiary alicyclic amines) is 1. The fourth-order valence-electron chi connectivity index (χ4n) is 4.36. The molecule has 0 unspecified atom stereocenters. The molecule has 0 aliphatic carbocycles. The summed E-state index contributed by atoms with van der Waals surface area (Å²) < 4.78 is 52.1. The Balaban J connectivity index is 1.57. The maximum absolute atomic E-state index is 14.9. The predicted molar refractivity (Wildman–Crippen MR) is 122 cm³/mol. The van der Waals surface area contributed by atoms with Crippen LogP contribution in [0.2, 0.25) is 0 Å². The topological polar surface area (TPSA) is 101 Å². The van der Waals surface area contributed by atoms with Crippen molar-refractivity contribution in [3.63, 3.8) is 0 Å². The largest absolute Gasteiger partial charge is 0.479 e. The van der Waals surface area contributed by atoms with Gasteiger partial charge in [-0.2, -0.15) is 4.98 Å². The molecule has 0 aromatic carbocycles. The molecule has 5 heterocycles. The van der Waals surface area contributed by atoms with Crippen LogP contribution in [-0.2, 0) is 0 Å². The number of amides is 1. The van der Waals surface area contributed by atoms with Gasteiger partial charge in [0.1, 0.15) is 11.2 Å². The first-order valence-electron chi connectivity index (χ1n) is 10.9. The Hall–Kier alpha value is -3.87. The summed E-state index contributed by atoms with van der Waals surface area (Å²) in [5, 5.41) is 9.58. The zero-order chi connectivity index (χ0) is 24.9. The number of hydrogen-bond acceptors (Lipinski definition) is 7. The van der Waals surface area contributed by atoms with Gasteiger partial charge in [-0.15, -0.1) is 5.10 Å². The minimum absolute atomic E-state index is 0.00428. The van der Waals surface area contributed by atoms with Crippen molar-refractivity contribution in [3.05, 3.63) is 42.2 Å². The molecule has 1 amide bonds. The Morgan fingerprint density at radius 2 is 2.14 bits per heavy atom. The van der Waals surface area contributed by atoms with Gasteiger partial charge in [-0.05, 0) is 25.6 Å². The second kappa shape index (κ2) is 8.41. The average Bonchev–Trinajstić information content (AvgIpc) is 3.44. The Bertz CT molecular complexity index is 1430. The molecule has 1 atom stereocenters. The lowest BCUT2D eigenvalue weighted by Crippen LogP contribution is -2.53. The van der Waals surface area contributed by atoms with Gasteiger partial charge in [-0.1, -0.05) is 0 Å². The number of hydrogen-bond donors (Lipinski definition) is 2. The summed E-state index contributed by atoms with van der Waals surface area (Å²) in [7, 11) is 4.52. The molecular weight excluding hydrogens is 465 g/mol. The smallest absolute Gasteiger partial charge is 0.280 e. The fourth-order valence-corrected chi connectivity index (χ4v) is 4.36. The number of methoxy groups -OCH3 is 1. The Kier molecular flexibility index (Phi) is 5.50. The molecule has 0 spiro atoms. The van der Waals surface area contributed by atoms with Gasteiger partial charge in [-0.3, -0.25) is 9.20 Å². The molecule has 1 aliphatic heterocycles. The molecule has 1 aliphatic rings. The van der Waals surface area contributed by atoms with Crippen LogP contribution in [0.15, 0.2) is 30.7 Å². The number of alkyl halides is 2.